The molecule has 1 heterocycles. The first-order valence-electron chi connectivity index (χ1n) is 6.41. The van der Waals surface area contributed by atoms with Crippen LogP contribution in [0.25, 0.3) is 11.8 Å². The summed E-state index contributed by atoms with van der Waals surface area (Å²) in [7, 11) is 1.33. The van der Waals surface area contributed by atoms with Crippen LogP contribution < -0.4 is 0 Å². The van der Waals surface area contributed by atoms with Gasteiger partial charge in [-0.15, -0.1) is 0 Å². The Bertz CT molecular complexity index is 759. The van der Waals surface area contributed by atoms with Gasteiger partial charge in [0, 0.05) is 5.56 Å². The van der Waals surface area contributed by atoms with Gasteiger partial charge >= 0.3 is 11.9 Å². The number of hydrogen-bond donors (Lipinski definition) is 0. The smallest absolute Gasteiger partial charge is 0.344 e. The van der Waals surface area contributed by atoms with Crippen LogP contribution >= 0.6 is 0 Å². The largest absolute Gasteiger partial charge is 0.465 e. The summed E-state index contributed by atoms with van der Waals surface area (Å²) in [4.78, 5) is 23.5. The molecule has 0 fully saturated rings. The van der Waals surface area contributed by atoms with E-state index in [4.69, 9.17) is 9.47 Å². The summed E-state index contributed by atoms with van der Waals surface area (Å²) in [6.07, 6.45) is 1.68. The lowest BCUT2D eigenvalue weighted by Crippen LogP contribution is -2.03. The average Bonchev–Trinajstić information content (AvgIpc) is 2.84. The number of esters is 2. The van der Waals surface area contributed by atoms with Crippen LogP contribution in [0.3, 0.4) is 0 Å². The lowest BCUT2D eigenvalue weighted by molar-refractivity contribution is 0.0600. The zero-order chi connectivity index (χ0) is 14.8. The minimum Gasteiger partial charge on any atom is -0.465 e. The molecule has 0 spiro atoms. The fraction of sp³-hybridized carbons (Fsp3) is 0.0588. The first-order valence-corrected chi connectivity index (χ1v) is 6.41. The molecule has 0 aliphatic carbocycles. The summed E-state index contributed by atoms with van der Waals surface area (Å²) in [6.45, 7) is 0. The van der Waals surface area contributed by atoms with Gasteiger partial charge in [-0.3, -0.25) is 0 Å². The second kappa shape index (κ2) is 5.25. The summed E-state index contributed by atoms with van der Waals surface area (Å²) in [5.74, 6) is -0.376. The molecule has 21 heavy (non-hydrogen) atoms. The summed E-state index contributed by atoms with van der Waals surface area (Å²) in [5.41, 5.74) is 2.32. The van der Waals surface area contributed by atoms with E-state index in [-0.39, 0.29) is 5.97 Å². The zero-order valence-electron chi connectivity index (χ0n) is 11.3. The van der Waals surface area contributed by atoms with Crippen molar-refractivity contribution in [2.75, 3.05) is 7.11 Å². The molecule has 4 nitrogen and oxygen atoms in total. The van der Waals surface area contributed by atoms with Crippen LogP contribution in [0, 0.1) is 0 Å². The van der Waals surface area contributed by atoms with Crippen LogP contribution in [0.1, 0.15) is 31.8 Å². The summed E-state index contributed by atoms with van der Waals surface area (Å²) < 4.78 is 10.0. The number of ether oxygens (including phenoxy) is 2. The SMILES string of the molecule is COC(=O)c1ccccc1C=C1OC(=O)c2ccccc21. The van der Waals surface area contributed by atoms with Crippen molar-refractivity contribution >= 4 is 23.8 Å². The van der Waals surface area contributed by atoms with E-state index in [9.17, 15) is 9.59 Å². The Balaban J connectivity index is 2.09. The normalized spacial score (nSPS) is 14.7. The van der Waals surface area contributed by atoms with Gasteiger partial charge in [0.15, 0.2) is 0 Å². The highest BCUT2D eigenvalue weighted by Gasteiger charge is 2.26. The van der Waals surface area contributed by atoms with E-state index < -0.39 is 5.97 Å². The van der Waals surface area contributed by atoms with E-state index >= 15 is 0 Å². The molecule has 0 amide bonds. The molecule has 1 aliphatic heterocycles. The van der Waals surface area contributed by atoms with E-state index in [0.29, 0.717) is 22.4 Å². The van der Waals surface area contributed by atoms with Crippen molar-refractivity contribution in [2.24, 2.45) is 0 Å². The Kier molecular flexibility index (Phi) is 3.28. The van der Waals surface area contributed by atoms with Crippen LogP contribution in [0.5, 0.6) is 0 Å². The van der Waals surface area contributed by atoms with Gasteiger partial charge in [0.2, 0.25) is 0 Å². The summed E-state index contributed by atoms with van der Waals surface area (Å²) >= 11 is 0. The molecule has 0 N–H and O–H groups in total. The quantitative estimate of drug-likeness (QED) is 0.793. The molecule has 0 aromatic heterocycles. The molecule has 0 bridgehead atoms. The van der Waals surface area contributed by atoms with E-state index in [1.54, 1.807) is 36.4 Å². The fourth-order valence-corrected chi connectivity index (χ4v) is 2.25. The Morgan fingerprint density at radius 1 is 1.05 bits per heavy atom. The zero-order valence-corrected chi connectivity index (χ0v) is 11.3. The molecule has 0 saturated carbocycles. The number of carbonyl (C=O) groups excluding carboxylic acids is 2. The van der Waals surface area contributed by atoms with Crippen LogP contribution in [-0.2, 0) is 9.47 Å². The Labute approximate surface area is 121 Å². The second-order valence-electron chi connectivity index (χ2n) is 4.52. The third kappa shape index (κ3) is 2.31. The maximum absolute atomic E-state index is 11.8. The fourth-order valence-electron chi connectivity index (χ4n) is 2.25. The van der Waals surface area contributed by atoms with Gasteiger partial charge < -0.3 is 9.47 Å². The molecule has 2 aromatic carbocycles. The van der Waals surface area contributed by atoms with Gasteiger partial charge in [-0.05, 0) is 23.8 Å². The van der Waals surface area contributed by atoms with Gasteiger partial charge in [0.05, 0.1) is 18.2 Å². The lowest BCUT2D eigenvalue weighted by Gasteiger charge is -2.05. The lowest BCUT2D eigenvalue weighted by atomic mass is 10.0. The van der Waals surface area contributed by atoms with Crippen molar-refractivity contribution in [1.29, 1.82) is 0 Å². The molecule has 1 aliphatic rings. The van der Waals surface area contributed by atoms with Crippen LogP contribution in [-0.4, -0.2) is 19.0 Å². The van der Waals surface area contributed by atoms with Gasteiger partial charge in [-0.1, -0.05) is 36.4 Å². The topological polar surface area (TPSA) is 52.6 Å². The molecule has 104 valence electrons. The summed E-state index contributed by atoms with van der Waals surface area (Å²) in [6, 6.07) is 14.1. The molecule has 4 heteroatoms. The molecular formula is C17H12O4. The minimum atomic E-state index is -0.431. The van der Waals surface area contributed by atoms with Gasteiger partial charge in [0.1, 0.15) is 5.76 Å². The third-order valence-electron chi connectivity index (χ3n) is 3.27. The van der Waals surface area contributed by atoms with Crippen LogP contribution in [0.2, 0.25) is 0 Å². The monoisotopic (exact) mass is 280 g/mol. The minimum absolute atomic E-state index is 0.382. The number of benzene rings is 2. The van der Waals surface area contributed by atoms with E-state index in [2.05, 4.69) is 0 Å². The van der Waals surface area contributed by atoms with Crippen molar-refractivity contribution in [3.8, 4) is 0 Å². The predicted molar refractivity (Wildman–Crippen MR) is 77.5 cm³/mol. The van der Waals surface area contributed by atoms with Crippen molar-refractivity contribution < 1.29 is 19.1 Å². The number of hydrogen-bond acceptors (Lipinski definition) is 4. The molecule has 2 aromatic rings. The van der Waals surface area contributed by atoms with Crippen LogP contribution in [0.4, 0.5) is 0 Å². The van der Waals surface area contributed by atoms with E-state index in [1.807, 2.05) is 18.2 Å². The van der Waals surface area contributed by atoms with Gasteiger partial charge in [-0.2, -0.15) is 0 Å². The first kappa shape index (κ1) is 13.1. The third-order valence-corrected chi connectivity index (χ3v) is 3.27. The Morgan fingerprint density at radius 2 is 1.71 bits per heavy atom. The first-order chi connectivity index (χ1) is 10.2. The van der Waals surface area contributed by atoms with Crippen molar-refractivity contribution in [3.05, 3.63) is 70.8 Å². The Hall–Kier alpha value is -2.88. The summed E-state index contributed by atoms with van der Waals surface area (Å²) in [5, 5.41) is 0. The maximum atomic E-state index is 11.8. The number of carbonyl (C=O) groups is 2. The highest BCUT2D eigenvalue weighted by molar-refractivity contribution is 6.06. The molecule has 3 rings (SSSR count). The number of cyclic esters (lactones) is 1. The number of rotatable bonds is 2. The molecule has 0 unspecified atom stereocenters. The molecular weight excluding hydrogens is 268 g/mol. The molecule has 0 saturated heterocycles. The van der Waals surface area contributed by atoms with Gasteiger partial charge in [0.25, 0.3) is 0 Å². The highest BCUT2D eigenvalue weighted by atomic mass is 16.5. The standard InChI is InChI=1S/C17H12O4/c1-20-16(18)12-7-3-2-6-11(12)10-15-13-8-4-5-9-14(13)17(19)21-15/h2-10H,1H3. The number of methoxy groups -OCH3 is 1. The second-order valence-corrected chi connectivity index (χ2v) is 4.52. The van der Waals surface area contributed by atoms with Crippen molar-refractivity contribution in [2.45, 2.75) is 0 Å². The molecule has 0 radical (unpaired) electrons. The predicted octanol–water partition coefficient (Wildman–Crippen LogP) is 3.14. The number of fused-ring (bicyclic) bond motifs is 1. The average molecular weight is 280 g/mol. The maximum Gasteiger partial charge on any atom is 0.344 e. The van der Waals surface area contributed by atoms with Gasteiger partial charge in [-0.25, -0.2) is 9.59 Å². The molecule has 0 atom stereocenters. The highest BCUT2D eigenvalue weighted by Crippen LogP contribution is 2.31. The van der Waals surface area contributed by atoms with Crippen molar-refractivity contribution in [1.82, 2.24) is 0 Å². The van der Waals surface area contributed by atoms with E-state index in [0.717, 1.165) is 5.56 Å². The van der Waals surface area contributed by atoms with Crippen molar-refractivity contribution in [3.63, 3.8) is 0 Å². The van der Waals surface area contributed by atoms with Crippen LogP contribution in [0.15, 0.2) is 48.5 Å². The Morgan fingerprint density at radius 3 is 2.48 bits per heavy atom. The van der Waals surface area contributed by atoms with E-state index in [1.165, 1.54) is 7.11 Å².